The molecule has 0 saturated heterocycles. The molecule has 0 spiro atoms. The molecule has 0 unspecified atom stereocenters. The normalized spacial score (nSPS) is 11.1. The number of hydrogen-bond acceptors (Lipinski definition) is 4. The van der Waals surface area contributed by atoms with E-state index in [-0.39, 0.29) is 59.1 Å². The Kier molecular flexibility index (Phi) is 10.6. The molecule has 0 aliphatic carbocycles. The van der Waals surface area contributed by atoms with Crippen LogP contribution in [0.5, 0.6) is 0 Å². The Morgan fingerprint density at radius 3 is 1.00 bits per heavy atom. The summed E-state index contributed by atoms with van der Waals surface area (Å²) in [6, 6.07) is 0. The van der Waals surface area contributed by atoms with E-state index in [2.05, 4.69) is 0 Å². The molecule has 0 fully saturated rings. The van der Waals surface area contributed by atoms with Gasteiger partial charge in [-0.15, -0.1) is 0 Å². The third-order valence-corrected chi connectivity index (χ3v) is 1.90. The van der Waals surface area contributed by atoms with Crippen LogP contribution in [0.25, 0.3) is 0 Å². The molecule has 0 aliphatic rings. The van der Waals surface area contributed by atoms with Crippen molar-refractivity contribution in [2.75, 3.05) is 0 Å². The molecule has 60 valence electrons. The van der Waals surface area contributed by atoms with Gasteiger partial charge >= 0.3 is 79.7 Å². The van der Waals surface area contributed by atoms with Gasteiger partial charge in [-0.1, -0.05) is 4.13 Å². The van der Waals surface area contributed by atoms with Gasteiger partial charge in [-0.3, -0.25) is 9.11 Å². The molecule has 7 nitrogen and oxygen atoms in total. The van der Waals surface area contributed by atoms with Crippen molar-refractivity contribution in [3.05, 3.63) is 0 Å². The summed E-state index contributed by atoms with van der Waals surface area (Å²) in [5.74, 6) is 0. The Morgan fingerprint density at radius 2 is 1.00 bits per heavy atom. The van der Waals surface area contributed by atoms with E-state index < -0.39 is 20.6 Å². The standard InChI is InChI=1S/H3NO6S2.2Na.2H/c2-8(3,4)1-9(5,6)7;;;;/h1H,(H,2,3,4)(H,5,6,7);;;;. The van der Waals surface area contributed by atoms with Gasteiger partial charge in [-0.25, -0.2) is 0 Å². The minimum atomic E-state index is -4.87. The first-order chi connectivity index (χ1) is 3.71. The average Bonchev–Trinajstić information content (AvgIpc) is 1.14. The summed E-state index contributed by atoms with van der Waals surface area (Å²) in [5, 5.41) is 0. The van der Waals surface area contributed by atoms with Crippen molar-refractivity contribution in [1.29, 1.82) is 0 Å². The van der Waals surface area contributed by atoms with Gasteiger partial charge in [0.1, 0.15) is 0 Å². The molecule has 0 aromatic heterocycles. The molecule has 0 aromatic carbocycles. The number of rotatable bonds is 2. The SMILES string of the molecule is O=S(=O)(O)NS(=O)(=O)O.[NaH].[NaH]. The van der Waals surface area contributed by atoms with E-state index in [1.165, 1.54) is 0 Å². The molecule has 11 heteroatoms. The molecule has 11 heavy (non-hydrogen) atoms. The first-order valence-electron chi connectivity index (χ1n) is 1.44. The molecule has 0 atom stereocenters. The minimum absolute atomic E-state index is 0. The summed E-state index contributed by atoms with van der Waals surface area (Å²) < 4.78 is 54.1. The van der Waals surface area contributed by atoms with Crippen molar-refractivity contribution in [2.24, 2.45) is 0 Å². The van der Waals surface area contributed by atoms with Crippen molar-refractivity contribution in [3.63, 3.8) is 0 Å². The van der Waals surface area contributed by atoms with Crippen molar-refractivity contribution in [1.82, 2.24) is 4.13 Å². The Labute approximate surface area is 108 Å². The van der Waals surface area contributed by atoms with Crippen LogP contribution in [-0.4, -0.2) is 85.1 Å². The van der Waals surface area contributed by atoms with Crippen LogP contribution in [0.3, 0.4) is 0 Å². The fraction of sp³-hybridized carbons (Fsp3) is 0. The Bertz CT molecular complexity index is 244. The Morgan fingerprint density at radius 1 is 0.818 bits per heavy atom. The van der Waals surface area contributed by atoms with Crippen molar-refractivity contribution < 1.29 is 25.9 Å². The maximum atomic E-state index is 9.55. The van der Waals surface area contributed by atoms with Gasteiger partial charge in [-0.05, 0) is 0 Å². The zero-order valence-corrected chi connectivity index (χ0v) is 5.48. The zero-order chi connectivity index (χ0) is 7.71. The van der Waals surface area contributed by atoms with Crippen molar-refractivity contribution in [2.45, 2.75) is 0 Å². The summed E-state index contributed by atoms with van der Waals surface area (Å²) in [5.41, 5.74) is 0. The average molecular weight is 225 g/mol. The van der Waals surface area contributed by atoms with Crippen LogP contribution in [-0.2, 0) is 20.6 Å². The second-order valence-corrected chi connectivity index (χ2v) is 3.60. The van der Waals surface area contributed by atoms with E-state index in [1.807, 2.05) is 0 Å². The van der Waals surface area contributed by atoms with Crippen molar-refractivity contribution in [3.8, 4) is 0 Å². The van der Waals surface area contributed by atoms with Crippen LogP contribution in [0.2, 0.25) is 0 Å². The topological polar surface area (TPSA) is 121 Å². The van der Waals surface area contributed by atoms with Crippen LogP contribution in [0.4, 0.5) is 0 Å². The van der Waals surface area contributed by atoms with Crippen LogP contribution < -0.4 is 4.13 Å². The molecule has 0 radical (unpaired) electrons. The van der Waals surface area contributed by atoms with Gasteiger partial charge in [-0.2, -0.15) is 16.8 Å². The summed E-state index contributed by atoms with van der Waals surface area (Å²) in [6.07, 6.45) is 0. The predicted octanol–water partition coefficient (Wildman–Crippen LogP) is -3.12. The van der Waals surface area contributed by atoms with E-state index in [9.17, 15) is 16.8 Å². The molecule has 0 saturated carbocycles. The quantitative estimate of drug-likeness (QED) is 0.338. The fourth-order valence-electron chi connectivity index (χ4n) is 0.133. The predicted molar refractivity (Wildman–Crippen MR) is 40.5 cm³/mol. The molecule has 0 amide bonds. The maximum absolute atomic E-state index is 9.55. The van der Waals surface area contributed by atoms with Crippen LogP contribution >= 0.6 is 0 Å². The molecule has 0 aromatic rings. The van der Waals surface area contributed by atoms with Gasteiger partial charge < -0.3 is 0 Å². The van der Waals surface area contributed by atoms with E-state index in [0.29, 0.717) is 4.13 Å². The monoisotopic (exact) mass is 225 g/mol. The summed E-state index contributed by atoms with van der Waals surface area (Å²) in [7, 11) is -9.74. The summed E-state index contributed by atoms with van der Waals surface area (Å²) in [6.45, 7) is 0. The van der Waals surface area contributed by atoms with Gasteiger partial charge in [0.15, 0.2) is 0 Å². The second kappa shape index (κ2) is 6.27. The number of nitrogens with one attached hydrogen (secondary N) is 1. The van der Waals surface area contributed by atoms with E-state index in [1.54, 1.807) is 0 Å². The Balaban J connectivity index is -0.000000320. The molecule has 0 aliphatic heterocycles. The van der Waals surface area contributed by atoms with Crippen LogP contribution in [0.15, 0.2) is 0 Å². The molecular weight excluding hydrogens is 220 g/mol. The fourth-order valence-corrected chi connectivity index (χ4v) is 1.20. The first kappa shape index (κ1) is 18.5. The van der Waals surface area contributed by atoms with E-state index >= 15 is 0 Å². The van der Waals surface area contributed by atoms with Crippen LogP contribution in [0, 0.1) is 0 Å². The van der Waals surface area contributed by atoms with Gasteiger partial charge in [0.2, 0.25) is 0 Å². The third-order valence-electron chi connectivity index (χ3n) is 0.211. The van der Waals surface area contributed by atoms with Crippen molar-refractivity contribution >= 4 is 79.7 Å². The third kappa shape index (κ3) is 18.6. The molecule has 0 rings (SSSR count). The molecular formula is H5NNa2O6S2. The zero-order valence-electron chi connectivity index (χ0n) is 3.84. The van der Waals surface area contributed by atoms with Crippen LogP contribution in [0.1, 0.15) is 0 Å². The summed E-state index contributed by atoms with van der Waals surface area (Å²) >= 11 is 0. The van der Waals surface area contributed by atoms with E-state index in [0.717, 1.165) is 0 Å². The molecule has 0 bridgehead atoms. The van der Waals surface area contributed by atoms with E-state index in [4.69, 9.17) is 9.11 Å². The van der Waals surface area contributed by atoms with Gasteiger partial charge in [0.05, 0.1) is 0 Å². The van der Waals surface area contributed by atoms with Gasteiger partial charge in [0.25, 0.3) is 0 Å². The Hall–Kier alpha value is 1.78. The first-order valence-corrected chi connectivity index (χ1v) is 4.32. The molecule has 0 heterocycles. The number of hydrogen-bond donors (Lipinski definition) is 3. The van der Waals surface area contributed by atoms with Gasteiger partial charge in [0, 0.05) is 0 Å². The second-order valence-electron chi connectivity index (χ2n) is 1.03. The summed E-state index contributed by atoms with van der Waals surface area (Å²) in [4.78, 5) is 0. The molecule has 3 N–H and O–H groups in total.